The first-order valence-corrected chi connectivity index (χ1v) is 17.2. The van der Waals surface area contributed by atoms with E-state index < -0.39 is 0 Å². The summed E-state index contributed by atoms with van der Waals surface area (Å²) < 4.78 is 26.6. The number of ether oxygens (including phenoxy) is 4. The lowest BCUT2D eigenvalue weighted by Crippen LogP contribution is -2.01. The predicted octanol–water partition coefficient (Wildman–Crippen LogP) is 10.7. The Morgan fingerprint density at radius 3 is 1.46 bits per heavy atom. The van der Waals surface area contributed by atoms with E-state index in [9.17, 15) is 0 Å². The number of fused-ring (bicyclic) bond motifs is 3. The largest absolute Gasteiger partial charge is 0.457 e. The van der Waals surface area contributed by atoms with Crippen molar-refractivity contribution in [3.63, 3.8) is 0 Å². The molecule has 0 saturated carbocycles. The van der Waals surface area contributed by atoms with Gasteiger partial charge in [0.1, 0.15) is 34.5 Å². The van der Waals surface area contributed by atoms with Crippen molar-refractivity contribution in [3.05, 3.63) is 157 Å². The van der Waals surface area contributed by atoms with E-state index in [0.717, 1.165) is 33.1 Å². The Kier molecular flexibility index (Phi) is 8.12. The molecule has 0 aliphatic rings. The molecule has 250 valence electrons. The van der Waals surface area contributed by atoms with Crippen molar-refractivity contribution in [2.24, 2.45) is 0 Å². The van der Waals surface area contributed by atoms with Crippen LogP contribution in [-0.4, -0.2) is 29.5 Å². The van der Waals surface area contributed by atoms with Crippen LogP contribution in [-0.2, 0) is 0 Å². The molecule has 0 N–H and O–H groups in total. The van der Waals surface area contributed by atoms with Crippen molar-refractivity contribution in [3.8, 4) is 63.5 Å². The van der Waals surface area contributed by atoms with E-state index in [2.05, 4.69) is 15.0 Å². The van der Waals surface area contributed by atoms with Crippen molar-refractivity contribution in [1.82, 2.24) is 29.5 Å². The molecule has 0 fully saturated rings. The molecule has 5 heterocycles. The molecule has 9 aromatic rings. The average molecular weight is 699 g/mol. The molecule has 0 aliphatic carbocycles. The monoisotopic (exact) mass is 698 g/mol. The average Bonchev–Trinajstić information content (AvgIpc) is 3.83. The van der Waals surface area contributed by atoms with Gasteiger partial charge < -0.3 is 18.9 Å². The van der Waals surface area contributed by atoms with E-state index in [4.69, 9.17) is 28.9 Å². The first kappa shape index (κ1) is 30.9. The second-order valence-electron chi connectivity index (χ2n) is 11.5. The smallest absolute Gasteiger partial charge is 0.234 e. The number of hydrogen-bond donors (Lipinski definition) is 0. The highest BCUT2D eigenvalue weighted by atomic mass is 32.1. The summed E-state index contributed by atoms with van der Waals surface area (Å²) >= 11 is 1.53. The molecule has 4 aromatic carbocycles. The Bertz CT molecular complexity index is 2490. The van der Waals surface area contributed by atoms with Gasteiger partial charge in [-0.05, 0) is 60.7 Å². The van der Waals surface area contributed by atoms with Gasteiger partial charge in [-0.25, -0.2) is 24.9 Å². The van der Waals surface area contributed by atoms with Crippen LogP contribution in [0.2, 0.25) is 0 Å². The lowest BCUT2D eigenvalue weighted by Gasteiger charge is -2.11. The molecule has 10 nitrogen and oxygen atoms in total. The quantitative estimate of drug-likeness (QED) is 0.138. The first-order valence-electron chi connectivity index (χ1n) is 16.2. The van der Waals surface area contributed by atoms with Crippen molar-refractivity contribution in [2.45, 2.75) is 0 Å². The summed E-state index contributed by atoms with van der Waals surface area (Å²) in [5, 5.41) is 3.97. The maximum atomic E-state index is 6.37. The number of thiazole rings is 1. The van der Waals surface area contributed by atoms with Gasteiger partial charge in [-0.2, -0.15) is 0 Å². The van der Waals surface area contributed by atoms with Gasteiger partial charge in [0.25, 0.3) is 0 Å². The Morgan fingerprint density at radius 2 is 0.981 bits per heavy atom. The fourth-order valence-corrected chi connectivity index (χ4v) is 6.34. The standard InChI is InChI=1S/C41H26N6O4S/c1-3-17-42-39(11-1)50-30-9-5-7-28(19-30)48-32-13-15-34-35-16-14-33(49-29-8-6-10-31(20-29)51-40-12-2-4-18-43-40)22-38(35)47(37(34)21-32)41-44-23-27(24-45-41)36-25-52-26-46-36/h1-26H. The first-order chi connectivity index (χ1) is 25.7. The van der Waals surface area contributed by atoms with Crippen LogP contribution in [0.3, 0.4) is 0 Å². The van der Waals surface area contributed by atoms with E-state index in [1.807, 2.05) is 119 Å². The maximum absolute atomic E-state index is 6.37. The third kappa shape index (κ3) is 6.47. The second kappa shape index (κ2) is 13.7. The van der Waals surface area contributed by atoms with Crippen molar-refractivity contribution < 1.29 is 18.9 Å². The maximum Gasteiger partial charge on any atom is 0.234 e. The zero-order valence-corrected chi connectivity index (χ0v) is 28.1. The summed E-state index contributed by atoms with van der Waals surface area (Å²) in [7, 11) is 0. The number of pyridine rings is 2. The number of rotatable bonds is 10. The Labute approximate surface area is 301 Å². The van der Waals surface area contributed by atoms with Gasteiger partial charge in [0, 0.05) is 82.9 Å². The molecule has 9 rings (SSSR count). The van der Waals surface area contributed by atoms with Gasteiger partial charge in [0.15, 0.2) is 0 Å². The highest BCUT2D eigenvalue weighted by Gasteiger charge is 2.17. The highest BCUT2D eigenvalue weighted by molar-refractivity contribution is 7.07. The molecule has 0 spiro atoms. The molecule has 0 atom stereocenters. The van der Waals surface area contributed by atoms with E-state index in [1.54, 1.807) is 42.4 Å². The van der Waals surface area contributed by atoms with Crippen LogP contribution in [0.5, 0.6) is 46.3 Å². The molecule has 0 radical (unpaired) electrons. The van der Waals surface area contributed by atoms with E-state index in [1.165, 1.54) is 11.3 Å². The minimum atomic E-state index is 0.491. The Hall–Kier alpha value is -7.11. The molecule has 0 unspecified atom stereocenters. The second-order valence-corrected chi connectivity index (χ2v) is 12.3. The topological polar surface area (TPSA) is 106 Å². The number of aromatic nitrogens is 6. The van der Waals surface area contributed by atoms with Gasteiger partial charge in [-0.3, -0.25) is 4.57 Å². The third-order valence-corrected chi connectivity index (χ3v) is 8.67. The number of benzene rings is 4. The minimum absolute atomic E-state index is 0.491. The molecule has 5 aromatic heterocycles. The molecule has 0 saturated heterocycles. The summed E-state index contributed by atoms with van der Waals surface area (Å²) in [6.07, 6.45) is 6.95. The van der Waals surface area contributed by atoms with Crippen LogP contribution in [0.25, 0.3) is 39.0 Å². The van der Waals surface area contributed by atoms with Gasteiger partial charge in [0.2, 0.25) is 17.7 Å². The van der Waals surface area contributed by atoms with Crippen molar-refractivity contribution in [1.29, 1.82) is 0 Å². The summed E-state index contributed by atoms with van der Waals surface area (Å²) in [6, 6.07) is 37.9. The molecule has 52 heavy (non-hydrogen) atoms. The van der Waals surface area contributed by atoms with E-state index in [-0.39, 0.29) is 0 Å². The number of hydrogen-bond acceptors (Lipinski definition) is 10. The summed E-state index contributed by atoms with van der Waals surface area (Å²) in [5.74, 6) is 5.21. The van der Waals surface area contributed by atoms with Crippen molar-refractivity contribution >= 4 is 33.1 Å². The van der Waals surface area contributed by atoms with Gasteiger partial charge in [0.05, 0.1) is 22.2 Å². The summed E-state index contributed by atoms with van der Waals surface area (Å²) in [4.78, 5) is 22.5. The van der Waals surface area contributed by atoms with E-state index >= 15 is 0 Å². The zero-order chi connectivity index (χ0) is 34.7. The minimum Gasteiger partial charge on any atom is -0.457 e. The molecule has 0 aliphatic heterocycles. The lowest BCUT2D eigenvalue weighted by atomic mass is 10.1. The van der Waals surface area contributed by atoms with Crippen molar-refractivity contribution in [2.75, 3.05) is 0 Å². The zero-order valence-electron chi connectivity index (χ0n) is 27.2. The van der Waals surface area contributed by atoms with Gasteiger partial charge in [-0.1, -0.05) is 24.3 Å². The van der Waals surface area contributed by atoms with Crippen LogP contribution < -0.4 is 18.9 Å². The lowest BCUT2D eigenvalue weighted by molar-refractivity contribution is 0.448. The molecular weight excluding hydrogens is 673 g/mol. The van der Waals surface area contributed by atoms with E-state index in [0.29, 0.717) is 52.2 Å². The Balaban J connectivity index is 1.08. The summed E-state index contributed by atoms with van der Waals surface area (Å²) in [5.41, 5.74) is 5.17. The van der Waals surface area contributed by atoms with Crippen LogP contribution in [0.15, 0.2) is 157 Å². The molecule has 11 heteroatoms. The van der Waals surface area contributed by atoms with Crippen LogP contribution in [0, 0.1) is 0 Å². The number of nitrogens with zero attached hydrogens (tertiary/aromatic N) is 6. The fourth-order valence-electron chi connectivity index (χ4n) is 5.78. The third-order valence-electron chi connectivity index (χ3n) is 8.08. The SMILES string of the molecule is c1ccc(Oc2cccc(Oc3ccc4c5ccc(Oc6cccc(Oc7ccccn7)c6)cc5n(-c5ncc(-c6cscn6)cn5)c4c3)c2)nc1. The van der Waals surface area contributed by atoms with Crippen LogP contribution in [0.4, 0.5) is 0 Å². The van der Waals surface area contributed by atoms with Crippen LogP contribution in [0.1, 0.15) is 0 Å². The van der Waals surface area contributed by atoms with Gasteiger partial charge >= 0.3 is 0 Å². The summed E-state index contributed by atoms with van der Waals surface area (Å²) in [6.45, 7) is 0. The molecular formula is C41H26N6O4S. The molecule has 0 amide bonds. The fraction of sp³-hybridized carbons (Fsp3) is 0. The molecule has 0 bridgehead atoms. The normalized spacial score (nSPS) is 11.1. The van der Waals surface area contributed by atoms with Crippen LogP contribution >= 0.6 is 11.3 Å². The predicted molar refractivity (Wildman–Crippen MR) is 199 cm³/mol. The Morgan fingerprint density at radius 1 is 0.462 bits per heavy atom. The highest BCUT2D eigenvalue weighted by Crippen LogP contribution is 2.38. The van der Waals surface area contributed by atoms with Gasteiger partial charge in [-0.15, -0.1) is 11.3 Å².